The van der Waals surface area contributed by atoms with Gasteiger partial charge in [-0.2, -0.15) is 5.26 Å². The van der Waals surface area contributed by atoms with Crippen molar-refractivity contribution in [1.29, 1.82) is 5.26 Å². The van der Waals surface area contributed by atoms with Gasteiger partial charge in [0.1, 0.15) is 18.1 Å². The molecule has 5 nitrogen and oxygen atoms in total. The summed E-state index contributed by atoms with van der Waals surface area (Å²) in [6.45, 7) is 2.10. The van der Waals surface area contributed by atoms with Gasteiger partial charge in [-0.15, -0.1) is 0 Å². The first-order valence-corrected chi connectivity index (χ1v) is 11.8. The van der Waals surface area contributed by atoms with Crippen molar-refractivity contribution in [2.24, 2.45) is 11.3 Å². The fourth-order valence-electron chi connectivity index (χ4n) is 5.27. The summed E-state index contributed by atoms with van der Waals surface area (Å²) in [5, 5.41) is 15.8. The van der Waals surface area contributed by atoms with E-state index < -0.39 is 11.9 Å². The molecule has 1 aromatic carbocycles. The van der Waals surface area contributed by atoms with Crippen molar-refractivity contribution in [2.75, 3.05) is 0 Å². The topological polar surface area (TPSA) is 77.5 Å². The molecule has 1 saturated heterocycles. The first-order valence-electron chi connectivity index (χ1n) is 11.0. The van der Waals surface area contributed by atoms with Gasteiger partial charge >= 0.3 is 0 Å². The molecule has 0 aromatic heterocycles. The minimum atomic E-state index is -0.521. The molecule has 1 aliphatic heterocycles. The summed E-state index contributed by atoms with van der Waals surface area (Å²) in [5.74, 6) is -0.657. The van der Waals surface area contributed by atoms with Gasteiger partial charge in [-0.1, -0.05) is 43.0 Å². The molecular formula is C23H28Cl2FN3O2. The van der Waals surface area contributed by atoms with Gasteiger partial charge in [0.05, 0.1) is 28.6 Å². The highest BCUT2D eigenvalue weighted by Crippen LogP contribution is 2.50. The number of benzene rings is 1. The van der Waals surface area contributed by atoms with E-state index in [9.17, 15) is 9.18 Å². The summed E-state index contributed by atoms with van der Waals surface area (Å²) < 4.78 is 20.4. The smallest absolute Gasteiger partial charge is 0.223 e. The summed E-state index contributed by atoms with van der Waals surface area (Å²) in [5.41, 5.74) is 0.0262. The van der Waals surface area contributed by atoms with Crippen molar-refractivity contribution in [3.05, 3.63) is 33.6 Å². The fourth-order valence-corrected chi connectivity index (χ4v) is 5.70. The molecule has 2 unspecified atom stereocenters. The summed E-state index contributed by atoms with van der Waals surface area (Å²) in [4.78, 5) is 13.2. The number of epoxide rings is 1. The minimum Gasteiger partial charge on any atom is -0.352 e. The molecule has 0 spiro atoms. The Morgan fingerprint density at radius 3 is 2.81 bits per heavy atom. The van der Waals surface area contributed by atoms with Crippen LogP contribution < -0.4 is 10.6 Å². The first kappa shape index (κ1) is 22.8. The molecule has 2 N–H and O–H groups in total. The normalized spacial score (nSPS) is 30.0. The number of rotatable bonds is 7. The molecule has 2 saturated carbocycles. The summed E-state index contributed by atoms with van der Waals surface area (Å²) in [6.07, 6.45) is 6.45. The maximum Gasteiger partial charge on any atom is 0.223 e. The van der Waals surface area contributed by atoms with Gasteiger partial charge in [-0.3, -0.25) is 10.1 Å². The molecule has 0 bridgehead atoms. The van der Waals surface area contributed by atoms with Crippen molar-refractivity contribution in [3.8, 4) is 6.07 Å². The Hall–Kier alpha value is -1.39. The highest BCUT2D eigenvalue weighted by Gasteiger charge is 2.44. The lowest BCUT2D eigenvalue weighted by Crippen LogP contribution is -2.41. The Labute approximate surface area is 192 Å². The van der Waals surface area contributed by atoms with E-state index in [0.29, 0.717) is 23.4 Å². The lowest BCUT2D eigenvalue weighted by Gasteiger charge is -2.36. The molecule has 168 valence electrons. The predicted octanol–water partition coefficient (Wildman–Crippen LogP) is 5.27. The maximum absolute atomic E-state index is 14.9. The Balaban J connectivity index is 1.46. The number of hydrogen-bond acceptors (Lipinski definition) is 4. The van der Waals surface area contributed by atoms with E-state index >= 15 is 0 Å². The van der Waals surface area contributed by atoms with Gasteiger partial charge in [0.2, 0.25) is 5.91 Å². The third kappa shape index (κ3) is 4.85. The van der Waals surface area contributed by atoms with E-state index in [4.69, 9.17) is 33.2 Å². The predicted molar refractivity (Wildman–Crippen MR) is 117 cm³/mol. The second-order valence-electron chi connectivity index (χ2n) is 9.39. The molecule has 1 aromatic rings. The third-order valence-corrected chi connectivity index (χ3v) is 7.99. The number of nitriles is 1. The van der Waals surface area contributed by atoms with Crippen LogP contribution in [0.1, 0.15) is 69.9 Å². The van der Waals surface area contributed by atoms with Crippen molar-refractivity contribution in [2.45, 2.75) is 82.7 Å². The molecule has 0 radical (unpaired) electrons. The van der Waals surface area contributed by atoms with Crippen molar-refractivity contribution < 1.29 is 13.9 Å². The van der Waals surface area contributed by atoms with E-state index in [-0.39, 0.29) is 40.6 Å². The first-order chi connectivity index (χ1) is 14.8. The van der Waals surface area contributed by atoms with Crippen LogP contribution in [0, 0.1) is 28.5 Å². The van der Waals surface area contributed by atoms with Crippen molar-refractivity contribution in [1.82, 2.24) is 10.6 Å². The molecular weight excluding hydrogens is 440 g/mol. The lowest BCUT2D eigenvalue weighted by atomic mass is 9.76. The van der Waals surface area contributed by atoms with Crippen LogP contribution in [0.4, 0.5) is 4.39 Å². The van der Waals surface area contributed by atoms with Crippen molar-refractivity contribution in [3.63, 3.8) is 0 Å². The number of ether oxygens (including phenoxy) is 1. The number of hydrogen-bond donors (Lipinski definition) is 2. The quantitative estimate of drug-likeness (QED) is 0.423. The lowest BCUT2D eigenvalue weighted by molar-refractivity contribution is -0.126. The summed E-state index contributed by atoms with van der Waals surface area (Å²) >= 11 is 12.6. The molecule has 1 heterocycles. The second-order valence-corrected chi connectivity index (χ2v) is 10.2. The fraction of sp³-hybridized carbons (Fsp3) is 0.652. The largest absolute Gasteiger partial charge is 0.352 e. The Bertz CT molecular complexity index is 884. The zero-order valence-corrected chi connectivity index (χ0v) is 19.1. The van der Waals surface area contributed by atoms with Crippen LogP contribution in [-0.2, 0) is 9.53 Å². The van der Waals surface area contributed by atoms with Crippen LogP contribution in [0.5, 0.6) is 0 Å². The Morgan fingerprint density at radius 1 is 1.35 bits per heavy atom. The minimum absolute atomic E-state index is 0.0440. The van der Waals surface area contributed by atoms with E-state index in [1.165, 1.54) is 12.1 Å². The molecule has 31 heavy (non-hydrogen) atoms. The van der Waals surface area contributed by atoms with Gasteiger partial charge in [-0.05, 0) is 49.7 Å². The molecule has 3 aliphatic rings. The van der Waals surface area contributed by atoms with E-state index in [1.54, 1.807) is 0 Å². The number of carbonyl (C=O) groups excluding carboxylic acids is 1. The summed E-state index contributed by atoms with van der Waals surface area (Å²) in [7, 11) is 0. The third-order valence-electron chi connectivity index (χ3n) is 7.18. The van der Waals surface area contributed by atoms with Gasteiger partial charge in [-0.25, -0.2) is 4.39 Å². The van der Waals surface area contributed by atoms with E-state index in [0.717, 1.165) is 38.5 Å². The number of nitrogens with zero attached hydrogens (tertiary/aromatic N) is 1. The van der Waals surface area contributed by atoms with Crippen LogP contribution >= 0.6 is 23.2 Å². The molecule has 4 rings (SSSR count). The van der Waals surface area contributed by atoms with Crippen LogP contribution in [0.2, 0.25) is 10.0 Å². The molecule has 2 aliphatic carbocycles. The highest BCUT2D eigenvalue weighted by molar-refractivity contribution is 6.42. The number of carbonyl (C=O) groups is 1. The maximum atomic E-state index is 14.9. The van der Waals surface area contributed by atoms with Crippen LogP contribution in [0.25, 0.3) is 0 Å². The van der Waals surface area contributed by atoms with Gasteiger partial charge in [0.15, 0.2) is 0 Å². The van der Waals surface area contributed by atoms with Gasteiger partial charge < -0.3 is 10.1 Å². The zero-order valence-electron chi connectivity index (χ0n) is 17.6. The second kappa shape index (κ2) is 9.23. The number of nitrogens with one attached hydrogen (secondary N) is 2. The van der Waals surface area contributed by atoms with Gasteiger partial charge in [0, 0.05) is 17.5 Å². The van der Waals surface area contributed by atoms with Crippen LogP contribution in [0.15, 0.2) is 12.1 Å². The van der Waals surface area contributed by atoms with Gasteiger partial charge in [0.25, 0.3) is 0 Å². The van der Waals surface area contributed by atoms with E-state index in [2.05, 4.69) is 23.6 Å². The Kier molecular flexibility index (Phi) is 6.79. The number of amides is 1. The standard InChI is InChI=1S/C23H28Cl2FN3O2/c1-23(9-2-3-10-23)20(18-16(26)7-6-15(24)19(18)25)29-21(30)13-4-5-14(12-13)28-22-17(31-22)8-11-27/h6-7,13-14,17,20,22,28H,2-5,8-10,12H2,1H3,(H,29,30)/t13-,14+,17?,20+,22?/m0/s1. The van der Waals surface area contributed by atoms with Crippen LogP contribution in [0.3, 0.4) is 0 Å². The van der Waals surface area contributed by atoms with Crippen LogP contribution in [-0.4, -0.2) is 24.3 Å². The molecule has 5 atom stereocenters. The van der Waals surface area contributed by atoms with E-state index in [1.807, 2.05) is 0 Å². The monoisotopic (exact) mass is 467 g/mol. The average Bonchev–Trinajstić information content (AvgIpc) is 3.10. The highest BCUT2D eigenvalue weighted by atomic mass is 35.5. The SMILES string of the molecule is CC1([C@H](NC(=O)[C@H]2CC[C@@H](NC3OC3CC#N)C2)c2c(F)ccc(Cl)c2Cl)CCCC1. The number of halogens is 3. The van der Waals surface area contributed by atoms with Crippen molar-refractivity contribution >= 4 is 29.1 Å². The zero-order chi connectivity index (χ0) is 22.2. The molecule has 3 fully saturated rings. The average molecular weight is 468 g/mol. The Morgan fingerprint density at radius 2 is 2.10 bits per heavy atom. The molecule has 1 amide bonds. The summed E-state index contributed by atoms with van der Waals surface area (Å²) in [6, 6.07) is 4.54. The molecule has 8 heteroatoms.